The summed E-state index contributed by atoms with van der Waals surface area (Å²) in [6.07, 6.45) is 1.33. The van der Waals surface area contributed by atoms with Gasteiger partial charge in [-0.05, 0) is 48.2 Å². The van der Waals surface area contributed by atoms with Gasteiger partial charge in [0.2, 0.25) is 0 Å². The highest BCUT2D eigenvalue weighted by Crippen LogP contribution is 2.20. The minimum Gasteiger partial charge on any atom is -0.379 e. The van der Waals surface area contributed by atoms with Gasteiger partial charge in [-0.15, -0.1) is 0 Å². The van der Waals surface area contributed by atoms with Crippen LogP contribution in [0.15, 0.2) is 0 Å². The first kappa shape index (κ1) is 14.6. The van der Waals surface area contributed by atoms with Crippen molar-refractivity contribution in [1.29, 1.82) is 0 Å². The molecule has 3 heteroatoms. The lowest BCUT2D eigenvalue weighted by Crippen LogP contribution is -2.46. The van der Waals surface area contributed by atoms with Crippen molar-refractivity contribution in [1.82, 2.24) is 4.90 Å². The number of carbonyl (C=O) groups is 1. The van der Waals surface area contributed by atoms with Gasteiger partial charge >= 0.3 is 0 Å². The fourth-order valence-electron chi connectivity index (χ4n) is 1.07. The van der Waals surface area contributed by atoms with Crippen molar-refractivity contribution in [2.45, 2.75) is 51.7 Å². The van der Waals surface area contributed by atoms with E-state index in [2.05, 4.69) is 0 Å². The summed E-state index contributed by atoms with van der Waals surface area (Å²) in [7, 11) is 5.54. The van der Waals surface area contributed by atoms with Gasteiger partial charge in [0, 0.05) is 13.5 Å². The molecule has 0 bridgehead atoms. The molecule has 0 unspecified atom stereocenters. The zero-order chi connectivity index (χ0) is 12.3. The van der Waals surface area contributed by atoms with Crippen LogP contribution >= 0.6 is 0 Å². The molecule has 0 aromatic rings. The van der Waals surface area contributed by atoms with Gasteiger partial charge in [0.15, 0.2) is 5.78 Å². The van der Waals surface area contributed by atoms with E-state index in [1.165, 1.54) is 0 Å². The highest BCUT2D eigenvalue weighted by molar-refractivity contribution is 5.87. The summed E-state index contributed by atoms with van der Waals surface area (Å²) in [6, 6.07) is 0. The smallest absolute Gasteiger partial charge is 0.152 e. The Morgan fingerprint density at radius 2 is 1.67 bits per heavy atom. The summed E-state index contributed by atoms with van der Waals surface area (Å²) >= 11 is 0. The minimum absolute atomic E-state index is 0.210. The van der Waals surface area contributed by atoms with E-state index in [9.17, 15) is 4.79 Å². The van der Waals surface area contributed by atoms with Crippen LogP contribution in [0.25, 0.3) is 0 Å². The standard InChI is InChI=1S/C12H25NO2/c1-11(2,15-7)9-8-10(14)12(3,4)13(5)6/h8-9H2,1-7H3. The molecule has 0 aliphatic rings. The molecule has 0 N–H and O–H groups in total. The van der Waals surface area contributed by atoms with E-state index in [-0.39, 0.29) is 16.9 Å². The second-order valence-corrected chi connectivity index (χ2v) is 5.34. The number of nitrogens with zero attached hydrogens (tertiary/aromatic N) is 1. The Morgan fingerprint density at radius 3 is 2.00 bits per heavy atom. The number of hydrogen-bond acceptors (Lipinski definition) is 3. The molecule has 0 saturated heterocycles. The topological polar surface area (TPSA) is 29.5 Å². The van der Waals surface area contributed by atoms with Crippen LogP contribution in [-0.4, -0.2) is 43.0 Å². The van der Waals surface area contributed by atoms with Crippen LogP contribution in [-0.2, 0) is 9.53 Å². The first-order valence-electron chi connectivity index (χ1n) is 5.39. The second-order valence-electron chi connectivity index (χ2n) is 5.34. The Labute approximate surface area is 93.8 Å². The van der Waals surface area contributed by atoms with Crippen LogP contribution < -0.4 is 0 Å². The largest absolute Gasteiger partial charge is 0.379 e. The summed E-state index contributed by atoms with van der Waals surface area (Å²) in [4.78, 5) is 13.9. The van der Waals surface area contributed by atoms with Crippen LogP contribution in [0.2, 0.25) is 0 Å². The van der Waals surface area contributed by atoms with Crippen LogP contribution in [0.3, 0.4) is 0 Å². The molecule has 0 aliphatic carbocycles. The monoisotopic (exact) mass is 215 g/mol. The molecule has 0 heterocycles. The van der Waals surface area contributed by atoms with Gasteiger partial charge in [-0.1, -0.05) is 0 Å². The number of likely N-dealkylation sites (N-methyl/N-ethyl adjacent to an activating group) is 1. The highest BCUT2D eigenvalue weighted by Gasteiger charge is 2.30. The maximum absolute atomic E-state index is 12.0. The minimum atomic E-state index is -0.385. The van der Waals surface area contributed by atoms with Crippen LogP contribution in [0, 0.1) is 0 Å². The van der Waals surface area contributed by atoms with Crippen molar-refractivity contribution >= 4 is 5.78 Å². The fraction of sp³-hybridized carbons (Fsp3) is 0.917. The summed E-state index contributed by atoms with van der Waals surface area (Å²) in [5, 5.41) is 0. The van der Waals surface area contributed by atoms with Crippen molar-refractivity contribution in [3.63, 3.8) is 0 Å². The van der Waals surface area contributed by atoms with Crippen molar-refractivity contribution in [2.75, 3.05) is 21.2 Å². The van der Waals surface area contributed by atoms with Crippen molar-refractivity contribution in [3.8, 4) is 0 Å². The van der Waals surface area contributed by atoms with E-state index in [1.807, 2.05) is 46.7 Å². The van der Waals surface area contributed by atoms with E-state index in [0.29, 0.717) is 6.42 Å². The third-order valence-electron chi connectivity index (χ3n) is 3.31. The summed E-state index contributed by atoms with van der Waals surface area (Å²) < 4.78 is 5.30. The summed E-state index contributed by atoms with van der Waals surface area (Å²) in [6.45, 7) is 7.91. The molecule has 0 fully saturated rings. The van der Waals surface area contributed by atoms with Gasteiger partial charge in [-0.2, -0.15) is 0 Å². The molecule has 3 nitrogen and oxygen atoms in total. The molecule has 0 aromatic carbocycles. The van der Waals surface area contributed by atoms with Gasteiger partial charge in [0.25, 0.3) is 0 Å². The average Bonchev–Trinajstić information content (AvgIpc) is 2.14. The zero-order valence-corrected chi connectivity index (χ0v) is 11.2. The molecule has 0 amide bonds. The quantitative estimate of drug-likeness (QED) is 0.679. The van der Waals surface area contributed by atoms with E-state index < -0.39 is 0 Å². The van der Waals surface area contributed by atoms with Crippen molar-refractivity contribution < 1.29 is 9.53 Å². The van der Waals surface area contributed by atoms with Gasteiger partial charge in [0.05, 0.1) is 11.1 Å². The normalized spacial score (nSPS) is 13.3. The Balaban J connectivity index is 4.28. The van der Waals surface area contributed by atoms with Crippen LogP contribution in [0.4, 0.5) is 0 Å². The molecule has 0 rings (SSSR count). The Morgan fingerprint density at radius 1 is 1.20 bits per heavy atom. The SMILES string of the molecule is COC(C)(C)CCC(=O)C(C)(C)N(C)C. The molecule has 0 spiro atoms. The molecule has 0 radical (unpaired) electrons. The lowest BCUT2D eigenvalue weighted by Gasteiger charge is -2.32. The Hall–Kier alpha value is -0.410. The molecular formula is C12H25NO2. The number of hydrogen-bond donors (Lipinski definition) is 0. The molecule has 0 aromatic heterocycles. The number of ketones is 1. The predicted octanol–water partition coefficient (Wildman–Crippen LogP) is 2.10. The van der Waals surface area contributed by atoms with Gasteiger partial charge in [-0.3, -0.25) is 9.69 Å². The second kappa shape index (κ2) is 5.08. The lowest BCUT2D eigenvalue weighted by molar-refractivity contribution is -0.129. The van der Waals surface area contributed by atoms with Gasteiger partial charge < -0.3 is 4.74 Å². The lowest BCUT2D eigenvalue weighted by atomic mass is 9.90. The van der Waals surface area contributed by atoms with E-state index in [0.717, 1.165) is 6.42 Å². The van der Waals surface area contributed by atoms with E-state index >= 15 is 0 Å². The number of carbonyl (C=O) groups excluding carboxylic acids is 1. The third-order valence-corrected chi connectivity index (χ3v) is 3.31. The molecule has 0 saturated carbocycles. The van der Waals surface area contributed by atoms with Crippen LogP contribution in [0.5, 0.6) is 0 Å². The number of ether oxygens (including phenoxy) is 1. The highest BCUT2D eigenvalue weighted by atomic mass is 16.5. The third kappa shape index (κ3) is 4.31. The predicted molar refractivity (Wildman–Crippen MR) is 63.1 cm³/mol. The molecular weight excluding hydrogens is 190 g/mol. The number of rotatable bonds is 6. The van der Waals surface area contributed by atoms with Crippen molar-refractivity contribution in [2.24, 2.45) is 0 Å². The number of methoxy groups -OCH3 is 1. The van der Waals surface area contributed by atoms with E-state index in [1.54, 1.807) is 7.11 Å². The first-order valence-corrected chi connectivity index (χ1v) is 5.39. The van der Waals surface area contributed by atoms with Crippen molar-refractivity contribution in [3.05, 3.63) is 0 Å². The zero-order valence-electron chi connectivity index (χ0n) is 11.2. The molecule has 90 valence electrons. The van der Waals surface area contributed by atoms with Gasteiger partial charge in [-0.25, -0.2) is 0 Å². The first-order chi connectivity index (χ1) is 6.63. The Kier molecular flexibility index (Phi) is 4.94. The average molecular weight is 215 g/mol. The number of Topliss-reactive ketones (excluding diaryl/α,β-unsaturated/α-hetero) is 1. The molecule has 0 aliphatic heterocycles. The molecule has 0 atom stereocenters. The van der Waals surface area contributed by atoms with E-state index in [4.69, 9.17) is 4.74 Å². The van der Waals surface area contributed by atoms with Crippen LogP contribution in [0.1, 0.15) is 40.5 Å². The Bertz CT molecular complexity index is 220. The maximum atomic E-state index is 12.0. The summed E-state index contributed by atoms with van der Waals surface area (Å²) in [5.74, 6) is 0.262. The fourth-order valence-corrected chi connectivity index (χ4v) is 1.07. The van der Waals surface area contributed by atoms with Gasteiger partial charge in [0.1, 0.15) is 0 Å². The maximum Gasteiger partial charge on any atom is 0.152 e. The molecule has 15 heavy (non-hydrogen) atoms. The summed E-state index contributed by atoms with van der Waals surface area (Å²) in [5.41, 5.74) is -0.595.